The average Bonchev–Trinajstić information content (AvgIpc) is 2.77. The van der Waals surface area contributed by atoms with Crippen molar-refractivity contribution >= 4 is 0 Å². The number of hydrogen-bond acceptors (Lipinski definition) is 2. The van der Waals surface area contributed by atoms with E-state index in [1.807, 2.05) is 37.3 Å². The second kappa shape index (κ2) is 5.19. The van der Waals surface area contributed by atoms with Crippen LogP contribution in [0.4, 0.5) is 0 Å². The Bertz CT molecular complexity index is 347. The van der Waals surface area contributed by atoms with Crippen LogP contribution >= 0.6 is 0 Å². The maximum Gasteiger partial charge on any atom is 0.0994 e. The van der Waals surface area contributed by atoms with Crippen LogP contribution in [-0.4, -0.2) is 29.1 Å². The summed E-state index contributed by atoms with van der Waals surface area (Å²) in [5.74, 6) is 0. The van der Waals surface area contributed by atoms with Gasteiger partial charge in [0.25, 0.3) is 0 Å². The highest BCUT2D eigenvalue weighted by Crippen LogP contribution is 2.27. The second-order valence-corrected chi connectivity index (χ2v) is 5.31. The Hall–Kier alpha value is -0.860. The standard InChI is InChI=1S/C15H23NO/c1-3-14-10-7-11-16(14)12-15(2,17)13-8-5-4-6-9-13/h4-6,8-9,14,17H,3,7,10-12H2,1-2H3. The Morgan fingerprint density at radius 3 is 2.71 bits per heavy atom. The molecule has 94 valence electrons. The molecule has 2 unspecified atom stereocenters. The van der Waals surface area contributed by atoms with Crippen LogP contribution in [0.2, 0.25) is 0 Å². The van der Waals surface area contributed by atoms with Crippen LogP contribution in [0.15, 0.2) is 30.3 Å². The molecule has 1 fully saturated rings. The molecule has 0 bridgehead atoms. The number of rotatable bonds is 4. The SMILES string of the molecule is CCC1CCCN1CC(C)(O)c1ccccc1. The van der Waals surface area contributed by atoms with E-state index in [9.17, 15) is 5.11 Å². The van der Waals surface area contributed by atoms with Gasteiger partial charge in [-0.05, 0) is 38.3 Å². The monoisotopic (exact) mass is 233 g/mol. The molecule has 1 heterocycles. The van der Waals surface area contributed by atoms with E-state index in [4.69, 9.17) is 0 Å². The van der Waals surface area contributed by atoms with E-state index < -0.39 is 5.60 Å². The first-order valence-corrected chi connectivity index (χ1v) is 6.65. The molecule has 1 aliphatic rings. The minimum absolute atomic E-state index is 0.658. The van der Waals surface area contributed by atoms with E-state index in [2.05, 4.69) is 11.8 Å². The van der Waals surface area contributed by atoms with E-state index in [0.29, 0.717) is 6.04 Å². The van der Waals surface area contributed by atoms with E-state index in [0.717, 1.165) is 18.7 Å². The van der Waals surface area contributed by atoms with Gasteiger partial charge >= 0.3 is 0 Å². The first kappa shape index (κ1) is 12.6. The van der Waals surface area contributed by atoms with Crippen molar-refractivity contribution in [2.45, 2.75) is 44.8 Å². The molecule has 0 aliphatic carbocycles. The Morgan fingerprint density at radius 2 is 2.06 bits per heavy atom. The van der Waals surface area contributed by atoms with Gasteiger partial charge in [0.05, 0.1) is 5.60 Å². The average molecular weight is 233 g/mol. The van der Waals surface area contributed by atoms with Crippen LogP contribution in [-0.2, 0) is 5.60 Å². The summed E-state index contributed by atoms with van der Waals surface area (Å²) in [7, 11) is 0. The van der Waals surface area contributed by atoms with Crippen molar-refractivity contribution in [2.24, 2.45) is 0 Å². The molecule has 2 atom stereocenters. The summed E-state index contributed by atoms with van der Waals surface area (Å²) in [5, 5.41) is 10.6. The van der Waals surface area contributed by atoms with Gasteiger partial charge in [0.1, 0.15) is 0 Å². The first-order chi connectivity index (χ1) is 8.13. The van der Waals surface area contributed by atoms with Gasteiger partial charge in [0.2, 0.25) is 0 Å². The molecule has 0 radical (unpaired) electrons. The zero-order valence-electron chi connectivity index (χ0n) is 10.9. The number of aliphatic hydroxyl groups is 1. The van der Waals surface area contributed by atoms with Crippen molar-refractivity contribution in [1.82, 2.24) is 4.90 Å². The van der Waals surface area contributed by atoms with Crippen LogP contribution in [0.5, 0.6) is 0 Å². The van der Waals surface area contributed by atoms with Crippen molar-refractivity contribution < 1.29 is 5.11 Å². The van der Waals surface area contributed by atoms with Crippen LogP contribution in [0.1, 0.15) is 38.7 Å². The second-order valence-electron chi connectivity index (χ2n) is 5.31. The summed E-state index contributed by atoms with van der Waals surface area (Å²) < 4.78 is 0. The van der Waals surface area contributed by atoms with E-state index >= 15 is 0 Å². The Labute approximate surface area is 104 Å². The Morgan fingerprint density at radius 1 is 1.35 bits per heavy atom. The van der Waals surface area contributed by atoms with Crippen molar-refractivity contribution in [2.75, 3.05) is 13.1 Å². The van der Waals surface area contributed by atoms with Gasteiger partial charge in [-0.2, -0.15) is 0 Å². The Balaban J connectivity index is 2.07. The van der Waals surface area contributed by atoms with Gasteiger partial charge in [-0.1, -0.05) is 37.3 Å². The lowest BCUT2D eigenvalue weighted by Gasteiger charge is -2.32. The third-order valence-electron chi connectivity index (χ3n) is 3.88. The molecule has 1 aliphatic heterocycles. The van der Waals surface area contributed by atoms with Gasteiger partial charge in [-0.3, -0.25) is 4.90 Å². The Kier molecular flexibility index (Phi) is 3.85. The summed E-state index contributed by atoms with van der Waals surface area (Å²) in [6, 6.07) is 10.7. The smallest absolute Gasteiger partial charge is 0.0994 e. The topological polar surface area (TPSA) is 23.5 Å². The predicted molar refractivity (Wildman–Crippen MR) is 70.9 cm³/mol. The molecular weight excluding hydrogens is 210 g/mol. The van der Waals surface area contributed by atoms with Crippen LogP contribution in [0.3, 0.4) is 0 Å². The van der Waals surface area contributed by atoms with Crippen molar-refractivity contribution in [3.05, 3.63) is 35.9 Å². The molecule has 1 aromatic carbocycles. The highest BCUT2D eigenvalue weighted by atomic mass is 16.3. The molecule has 2 nitrogen and oxygen atoms in total. The van der Waals surface area contributed by atoms with Gasteiger partial charge in [0.15, 0.2) is 0 Å². The first-order valence-electron chi connectivity index (χ1n) is 6.65. The fourth-order valence-corrected chi connectivity index (χ4v) is 2.85. The highest BCUT2D eigenvalue weighted by molar-refractivity contribution is 5.21. The molecule has 1 N–H and O–H groups in total. The maximum atomic E-state index is 10.6. The van der Waals surface area contributed by atoms with Crippen molar-refractivity contribution in [3.63, 3.8) is 0 Å². The summed E-state index contributed by atoms with van der Waals surface area (Å²) in [6.45, 7) is 6.03. The van der Waals surface area contributed by atoms with Gasteiger partial charge in [-0.15, -0.1) is 0 Å². The minimum atomic E-state index is -0.737. The van der Waals surface area contributed by atoms with E-state index in [-0.39, 0.29) is 0 Å². The molecule has 17 heavy (non-hydrogen) atoms. The number of β-amino-alcohol motifs (C(OH)–C–C–N with tert-alkyl or cyclic N) is 1. The third-order valence-corrected chi connectivity index (χ3v) is 3.88. The molecule has 2 heteroatoms. The van der Waals surface area contributed by atoms with Crippen LogP contribution in [0, 0.1) is 0 Å². The lowest BCUT2D eigenvalue weighted by atomic mass is 9.95. The number of hydrogen-bond donors (Lipinski definition) is 1. The molecule has 0 amide bonds. The number of nitrogens with zero attached hydrogens (tertiary/aromatic N) is 1. The highest BCUT2D eigenvalue weighted by Gasteiger charge is 2.31. The van der Waals surface area contributed by atoms with Crippen molar-refractivity contribution in [3.8, 4) is 0 Å². The third kappa shape index (κ3) is 2.88. The van der Waals surface area contributed by atoms with Crippen LogP contribution < -0.4 is 0 Å². The molecule has 0 aromatic heterocycles. The minimum Gasteiger partial charge on any atom is -0.384 e. The zero-order valence-corrected chi connectivity index (χ0v) is 10.9. The molecule has 0 spiro atoms. The fraction of sp³-hybridized carbons (Fsp3) is 0.600. The summed E-state index contributed by atoms with van der Waals surface area (Å²) >= 11 is 0. The zero-order chi connectivity index (χ0) is 12.3. The van der Waals surface area contributed by atoms with Gasteiger partial charge in [-0.25, -0.2) is 0 Å². The number of likely N-dealkylation sites (tertiary alicyclic amines) is 1. The largest absolute Gasteiger partial charge is 0.384 e. The maximum absolute atomic E-state index is 10.6. The number of benzene rings is 1. The van der Waals surface area contributed by atoms with E-state index in [1.54, 1.807) is 0 Å². The van der Waals surface area contributed by atoms with Crippen molar-refractivity contribution in [1.29, 1.82) is 0 Å². The van der Waals surface area contributed by atoms with E-state index in [1.165, 1.54) is 19.3 Å². The molecule has 1 saturated heterocycles. The molecule has 0 saturated carbocycles. The van der Waals surface area contributed by atoms with Gasteiger partial charge < -0.3 is 5.11 Å². The predicted octanol–water partition coefficient (Wildman–Crippen LogP) is 2.77. The summed E-state index contributed by atoms with van der Waals surface area (Å²) in [5.41, 5.74) is 0.278. The molecule has 1 aromatic rings. The molecule has 2 rings (SSSR count). The van der Waals surface area contributed by atoms with Crippen LogP contribution in [0.25, 0.3) is 0 Å². The fourth-order valence-electron chi connectivity index (χ4n) is 2.85. The normalized spacial score (nSPS) is 24.8. The summed E-state index contributed by atoms with van der Waals surface area (Å²) in [4.78, 5) is 2.44. The van der Waals surface area contributed by atoms with Gasteiger partial charge in [0, 0.05) is 12.6 Å². The molecular formula is C15H23NO. The summed E-state index contributed by atoms with van der Waals surface area (Å²) in [6.07, 6.45) is 3.73. The lowest BCUT2D eigenvalue weighted by Crippen LogP contribution is -2.41. The lowest BCUT2D eigenvalue weighted by molar-refractivity contribution is 0.0115. The quantitative estimate of drug-likeness (QED) is 0.864.